The third-order valence-corrected chi connectivity index (χ3v) is 4.02. The van der Waals surface area contributed by atoms with E-state index in [4.69, 9.17) is 0 Å². The molecular formula is C15H20FN. The Labute approximate surface area is 103 Å². The standard InChI is InChI=1S/C15H20FN/c1-12-8-10-15(11-9-12,17(2)3)13-4-6-14(16)7-5-13/h4-7H,1,8-11H2,2-3H3. The first-order valence-corrected chi connectivity index (χ1v) is 6.15. The molecule has 0 aliphatic heterocycles. The summed E-state index contributed by atoms with van der Waals surface area (Å²) < 4.78 is 13.0. The number of nitrogens with zero attached hydrogens (tertiary/aromatic N) is 1. The summed E-state index contributed by atoms with van der Waals surface area (Å²) in [6.07, 6.45) is 4.28. The van der Waals surface area contributed by atoms with E-state index in [1.54, 1.807) is 12.1 Å². The molecule has 0 aromatic heterocycles. The summed E-state index contributed by atoms with van der Waals surface area (Å²) in [4.78, 5) is 2.27. The van der Waals surface area contributed by atoms with Crippen LogP contribution >= 0.6 is 0 Å². The average molecular weight is 233 g/mol. The second-order valence-electron chi connectivity index (χ2n) is 5.18. The van der Waals surface area contributed by atoms with Crippen molar-refractivity contribution < 1.29 is 4.39 Å². The summed E-state index contributed by atoms with van der Waals surface area (Å²) in [5.74, 6) is -0.164. The van der Waals surface area contributed by atoms with Crippen LogP contribution in [0, 0.1) is 5.82 Å². The van der Waals surface area contributed by atoms with Crippen molar-refractivity contribution in [3.8, 4) is 0 Å². The maximum absolute atomic E-state index is 13.0. The maximum atomic E-state index is 13.0. The van der Waals surface area contributed by atoms with Gasteiger partial charge in [-0.3, -0.25) is 4.90 Å². The van der Waals surface area contributed by atoms with Crippen molar-refractivity contribution in [2.45, 2.75) is 31.2 Å². The van der Waals surface area contributed by atoms with Crippen LogP contribution in [0.2, 0.25) is 0 Å². The summed E-state index contributed by atoms with van der Waals surface area (Å²) in [7, 11) is 4.22. The van der Waals surface area contributed by atoms with Gasteiger partial charge in [0.15, 0.2) is 0 Å². The molecule has 0 saturated heterocycles. The van der Waals surface area contributed by atoms with Crippen molar-refractivity contribution >= 4 is 0 Å². The topological polar surface area (TPSA) is 3.24 Å². The number of hydrogen-bond acceptors (Lipinski definition) is 1. The molecule has 1 aromatic carbocycles. The van der Waals surface area contributed by atoms with E-state index in [2.05, 4.69) is 25.6 Å². The fourth-order valence-electron chi connectivity index (χ4n) is 2.77. The SMILES string of the molecule is C=C1CCC(c2ccc(F)cc2)(N(C)C)CC1. The zero-order chi connectivity index (χ0) is 12.5. The Morgan fingerprint density at radius 1 is 1.12 bits per heavy atom. The second kappa shape index (κ2) is 4.61. The molecule has 1 aromatic rings. The van der Waals surface area contributed by atoms with Crippen LogP contribution in [0.4, 0.5) is 4.39 Å². The predicted octanol–water partition coefficient (Wildman–Crippen LogP) is 3.71. The molecule has 1 aliphatic carbocycles. The third kappa shape index (κ3) is 2.27. The lowest BCUT2D eigenvalue weighted by molar-refractivity contribution is 0.113. The Bertz CT molecular complexity index is 395. The zero-order valence-electron chi connectivity index (χ0n) is 10.7. The van der Waals surface area contributed by atoms with Gasteiger partial charge in [-0.1, -0.05) is 24.3 Å². The average Bonchev–Trinajstić information content (AvgIpc) is 2.31. The Morgan fingerprint density at radius 3 is 2.12 bits per heavy atom. The largest absolute Gasteiger partial charge is 0.300 e. The summed E-state index contributed by atoms with van der Waals surface area (Å²) in [6, 6.07) is 6.96. The Morgan fingerprint density at radius 2 is 1.65 bits per heavy atom. The highest BCUT2D eigenvalue weighted by molar-refractivity contribution is 5.27. The summed E-state index contributed by atoms with van der Waals surface area (Å²) >= 11 is 0. The molecule has 1 aliphatic rings. The van der Waals surface area contributed by atoms with Gasteiger partial charge in [-0.2, -0.15) is 0 Å². The minimum absolute atomic E-state index is 0.0505. The molecule has 0 atom stereocenters. The second-order valence-corrected chi connectivity index (χ2v) is 5.18. The van der Waals surface area contributed by atoms with Crippen LogP contribution in [0.3, 0.4) is 0 Å². The van der Waals surface area contributed by atoms with E-state index in [-0.39, 0.29) is 11.4 Å². The third-order valence-electron chi connectivity index (χ3n) is 4.02. The molecule has 0 N–H and O–H groups in total. The van der Waals surface area contributed by atoms with E-state index in [0.717, 1.165) is 25.7 Å². The predicted molar refractivity (Wildman–Crippen MR) is 69.4 cm³/mol. The van der Waals surface area contributed by atoms with Crippen LogP contribution in [0.25, 0.3) is 0 Å². The van der Waals surface area contributed by atoms with Crippen LogP contribution < -0.4 is 0 Å². The summed E-state index contributed by atoms with van der Waals surface area (Å²) in [6.45, 7) is 4.07. The quantitative estimate of drug-likeness (QED) is 0.704. The Hall–Kier alpha value is -1.15. The molecule has 1 saturated carbocycles. The summed E-state index contributed by atoms with van der Waals surface area (Å²) in [5.41, 5.74) is 2.61. The molecule has 92 valence electrons. The lowest BCUT2D eigenvalue weighted by atomic mass is 9.74. The highest BCUT2D eigenvalue weighted by Crippen LogP contribution is 2.42. The Balaban J connectivity index is 2.34. The fraction of sp³-hybridized carbons (Fsp3) is 0.467. The van der Waals surface area contributed by atoms with E-state index in [1.807, 2.05) is 12.1 Å². The van der Waals surface area contributed by atoms with E-state index in [0.29, 0.717) is 0 Å². The molecule has 1 fully saturated rings. The summed E-state index contributed by atoms with van der Waals surface area (Å²) in [5, 5.41) is 0. The molecule has 2 rings (SSSR count). The van der Waals surface area contributed by atoms with E-state index >= 15 is 0 Å². The van der Waals surface area contributed by atoms with Crippen molar-refractivity contribution in [3.05, 3.63) is 47.8 Å². The number of rotatable bonds is 2. The van der Waals surface area contributed by atoms with Crippen molar-refractivity contribution in [1.82, 2.24) is 4.90 Å². The number of benzene rings is 1. The molecule has 0 heterocycles. The molecule has 0 amide bonds. The van der Waals surface area contributed by atoms with Gasteiger partial charge in [0.25, 0.3) is 0 Å². The van der Waals surface area contributed by atoms with Crippen LogP contribution in [0.15, 0.2) is 36.4 Å². The monoisotopic (exact) mass is 233 g/mol. The van der Waals surface area contributed by atoms with E-state index in [9.17, 15) is 4.39 Å². The van der Waals surface area contributed by atoms with Gasteiger partial charge in [-0.05, 0) is 57.5 Å². The van der Waals surface area contributed by atoms with Gasteiger partial charge >= 0.3 is 0 Å². The minimum Gasteiger partial charge on any atom is -0.300 e. The van der Waals surface area contributed by atoms with Crippen LogP contribution in [-0.4, -0.2) is 19.0 Å². The van der Waals surface area contributed by atoms with Crippen LogP contribution in [0.1, 0.15) is 31.2 Å². The van der Waals surface area contributed by atoms with Crippen molar-refractivity contribution in [3.63, 3.8) is 0 Å². The van der Waals surface area contributed by atoms with Gasteiger partial charge in [-0.15, -0.1) is 0 Å². The zero-order valence-corrected chi connectivity index (χ0v) is 10.7. The van der Waals surface area contributed by atoms with Crippen LogP contribution in [-0.2, 0) is 5.54 Å². The maximum Gasteiger partial charge on any atom is 0.123 e. The molecule has 0 spiro atoms. The molecular weight excluding hydrogens is 213 g/mol. The van der Waals surface area contributed by atoms with Gasteiger partial charge in [0.2, 0.25) is 0 Å². The lowest BCUT2D eigenvalue weighted by Gasteiger charge is -2.44. The molecule has 0 unspecified atom stereocenters. The van der Waals surface area contributed by atoms with E-state index < -0.39 is 0 Å². The minimum atomic E-state index is -0.164. The first kappa shape index (κ1) is 12.3. The van der Waals surface area contributed by atoms with Crippen molar-refractivity contribution in [2.24, 2.45) is 0 Å². The molecule has 0 bridgehead atoms. The fourth-order valence-corrected chi connectivity index (χ4v) is 2.77. The molecule has 0 radical (unpaired) electrons. The normalized spacial score (nSPS) is 19.6. The lowest BCUT2D eigenvalue weighted by Crippen LogP contribution is -2.43. The van der Waals surface area contributed by atoms with Crippen molar-refractivity contribution in [1.29, 1.82) is 0 Å². The molecule has 17 heavy (non-hydrogen) atoms. The highest BCUT2D eigenvalue weighted by atomic mass is 19.1. The molecule has 2 heteroatoms. The van der Waals surface area contributed by atoms with Gasteiger partial charge < -0.3 is 0 Å². The highest BCUT2D eigenvalue weighted by Gasteiger charge is 2.36. The number of hydrogen-bond donors (Lipinski definition) is 0. The van der Waals surface area contributed by atoms with Crippen molar-refractivity contribution in [2.75, 3.05) is 14.1 Å². The van der Waals surface area contributed by atoms with Gasteiger partial charge in [0.05, 0.1) is 0 Å². The van der Waals surface area contributed by atoms with Gasteiger partial charge in [0, 0.05) is 5.54 Å². The molecule has 1 nitrogen and oxygen atoms in total. The van der Waals surface area contributed by atoms with Gasteiger partial charge in [-0.25, -0.2) is 4.39 Å². The first-order valence-electron chi connectivity index (χ1n) is 6.15. The van der Waals surface area contributed by atoms with Gasteiger partial charge in [0.1, 0.15) is 5.82 Å². The Kier molecular flexibility index (Phi) is 3.34. The number of allylic oxidation sites excluding steroid dienone is 1. The first-order chi connectivity index (χ1) is 8.04. The smallest absolute Gasteiger partial charge is 0.123 e. The van der Waals surface area contributed by atoms with E-state index in [1.165, 1.54) is 11.1 Å². The van der Waals surface area contributed by atoms with Crippen LogP contribution in [0.5, 0.6) is 0 Å². The number of halogens is 1.